The van der Waals surface area contributed by atoms with Crippen LogP contribution in [0.15, 0.2) is 63.6 Å². The Hall–Kier alpha value is -2.59. The molecule has 2 bridgehead atoms. The number of sulfonamides is 1. The lowest BCUT2D eigenvalue weighted by molar-refractivity contribution is 0.386. The first-order chi connectivity index (χ1) is 16.5. The number of fused-ring (bicyclic) bond motifs is 3. The molecular weight excluding hydrogens is 492 g/mol. The number of thiophene rings is 1. The van der Waals surface area contributed by atoms with Crippen LogP contribution < -0.4 is 4.72 Å². The van der Waals surface area contributed by atoms with Crippen LogP contribution in [0.25, 0.3) is 22.8 Å². The van der Waals surface area contributed by atoms with Crippen molar-refractivity contribution in [3.8, 4) is 22.8 Å². The van der Waals surface area contributed by atoms with E-state index < -0.39 is 10.0 Å². The number of aromatic nitrogens is 3. The van der Waals surface area contributed by atoms with Gasteiger partial charge in [-0.25, -0.2) is 13.1 Å². The summed E-state index contributed by atoms with van der Waals surface area (Å²) in [6.07, 6.45) is 7.06. The van der Waals surface area contributed by atoms with Gasteiger partial charge in [0.2, 0.25) is 15.8 Å². The number of pyridine rings is 1. The third kappa shape index (κ3) is 4.07. The van der Waals surface area contributed by atoms with Crippen LogP contribution in [0.3, 0.4) is 0 Å². The number of halogens is 1. The molecule has 3 unspecified atom stereocenters. The van der Waals surface area contributed by atoms with Crippen LogP contribution in [0, 0.1) is 11.8 Å². The van der Waals surface area contributed by atoms with E-state index in [1.165, 1.54) is 11.1 Å². The molecule has 2 aliphatic carbocycles. The lowest BCUT2D eigenvalue weighted by Crippen LogP contribution is -2.41. The van der Waals surface area contributed by atoms with Crippen molar-refractivity contribution in [3.63, 3.8) is 0 Å². The maximum absolute atomic E-state index is 13.0. The summed E-state index contributed by atoms with van der Waals surface area (Å²) in [6.45, 7) is 0. The van der Waals surface area contributed by atoms with Crippen LogP contribution in [0.5, 0.6) is 0 Å². The third-order valence-electron chi connectivity index (χ3n) is 6.81. The third-order valence-corrected chi connectivity index (χ3v) is 9.99. The number of nitrogens with one attached hydrogen (secondary N) is 1. The second kappa shape index (κ2) is 8.57. The lowest BCUT2D eigenvalue weighted by Gasteiger charge is -2.23. The minimum absolute atomic E-state index is 0.0924. The summed E-state index contributed by atoms with van der Waals surface area (Å²) in [7, 11) is -3.60. The van der Waals surface area contributed by atoms with Gasteiger partial charge in [-0.1, -0.05) is 28.9 Å². The van der Waals surface area contributed by atoms with Crippen LogP contribution in [0.2, 0.25) is 4.34 Å². The Morgan fingerprint density at radius 1 is 0.971 bits per heavy atom. The molecule has 3 aromatic heterocycles. The van der Waals surface area contributed by atoms with Crippen LogP contribution in [-0.2, 0) is 22.9 Å². The average Bonchev–Trinajstić information content (AvgIpc) is 3.54. The first-order valence-corrected chi connectivity index (χ1v) is 13.8. The van der Waals surface area contributed by atoms with Crippen molar-refractivity contribution in [2.45, 2.75) is 35.9 Å². The Balaban J connectivity index is 1.26. The highest BCUT2D eigenvalue weighted by atomic mass is 35.5. The Kier molecular flexibility index (Phi) is 5.52. The highest BCUT2D eigenvalue weighted by Crippen LogP contribution is 2.42. The molecule has 7 nitrogen and oxygen atoms in total. The van der Waals surface area contributed by atoms with Crippen LogP contribution in [0.4, 0.5) is 0 Å². The zero-order valence-electron chi connectivity index (χ0n) is 18.0. The monoisotopic (exact) mass is 512 g/mol. The van der Waals surface area contributed by atoms with Gasteiger partial charge in [0.15, 0.2) is 0 Å². The predicted molar refractivity (Wildman–Crippen MR) is 130 cm³/mol. The molecule has 0 saturated heterocycles. The number of nitrogens with zero attached hydrogens (tertiary/aromatic N) is 3. The molecule has 1 aromatic carbocycles. The van der Waals surface area contributed by atoms with Gasteiger partial charge in [-0.05, 0) is 79.0 Å². The van der Waals surface area contributed by atoms with Crippen molar-refractivity contribution in [1.82, 2.24) is 19.8 Å². The van der Waals surface area contributed by atoms with Gasteiger partial charge in [0.25, 0.3) is 5.89 Å². The molecular formula is C24H21ClN4O3S2. The molecule has 1 N–H and O–H groups in total. The summed E-state index contributed by atoms with van der Waals surface area (Å²) in [5, 5.41) is 4.17. The average molecular weight is 513 g/mol. The molecule has 174 valence electrons. The fraction of sp³-hybridized carbons (Fsp3) is 0.292. The molecule has 0 radical (unpaired) electrons. The SMILES string of the molecule is O=S(=O)(NC1C2CCC1Cc1cc(-c3noc(-c4ccncc4)n3)ccc1C2)c1ccc(Cl)s1. The summed E-state index contributed by atoms with van der Waals surface area (Å²) < 4.78 is 35.2. The smallest absolute Gasteiger partial charge is 0.258 e. The minimum atomic E-state index is -3.60. The van der Waals surface area contributed by atoms with E-state index in [0.717, 1.165) is 48.1 Å². The summed E-state index contributed by atoms with van der Waals surface area (Å²) in [6, 6.07) is 13.0. The Bertz CT molecular complexity index is 1450. The molecule has 10 heteroatoms. The van der Waals surface area contributed by atoms with Gasteiger partial charge in [-0.2, -0.15) is 4.98 Å². The molecule has 3 atom stereocenters. The van der Waals surface area contributed by atoms with Crippen molar-refractivity contribution >= 4 is 33.0 Å². The van der Waals surface area contributed by atoms with Gasteiger partial charge in [0.05, 0.1) is 4.34 Å². The Morgan fingerprint density at radius 3 is 2.47 bits per heavy atom. The van der Waals surface area contributed by atoms with E-state index in [9.17, 15) is 8.42 Å². The summed E-state index contributed by atoms with van der Waals surface area (Å²) in [5.74, 6) is 1.50. The number of hydrogen-bond acceptors (Lipinski definition) is 7. The fourth-order valence-electron chi connectivity index (χ4n) is 5.17. The van der Waals surface area contributed by atoms with E-state index >= 15 is 0 Å². The molecule has 0 aliphatic heterocycles. The van der Waals surface area contributed by atoms with Gasteiger partial charge >= 0.3 is 0 Å². The van der Waals surface area contributed by atoms with Crippen molar-refractivity contribution in [2.75, 3.05) is 0 Å². The van der Waals surface area contributed by atoms with Gasteiger partial charge in [-0.3, -0.25) is 4.98 Å². The number of rotatable bonds is 5. The first-order valence-electron chi connectivity index (χ1n) is 11.1. The summed E-state index contributed by atoms with van der Waals surface area (Å²) in [4.78, 5) is 8.58. The summed E-state index contributed by atoms with van der Waals surface area (Å²) in [5.41, 5.74) is 4.20. The standard InChI is InChI=1S/C24H21ClN4O3S2/c25-20-5-6-21(33-20)34(30,31)29-22-16-2-3-17(22)12-19-13-18(4-1-15(19)11-16)23-27-24(32-28-23)14-7-9-26-10-8-14/h1,4-10,13,16-17,22,29H,2-3,11-12H2. The topological polar surface area (TPSA) is 98.0 Å². The molecule has 6 rings (SSSR count). The molecule has 2 aliphatic rings. The predicted octanol–water partition coefficient (Wildman–Crippen LogP) is 4.99. The van der Waals surface area contributed by atoms with Crippen molar-refractivity contribution in [3.05, 3.63) is 70.3 Å². The Labute approximate surface area is 206 Å². The highest BCUT2D eigenvalue weighted by molar-refractivity contribution is 7.91. The van der Waals surface area contributed by atoms with Crippen molar-refractivity contribution in [2.24, 2.45) is 11.8 Å². The van der Waals surface area contributed by atoms with Gasteiger partial charge < -0.3 is 4.52 Å². The van der Waals surface area contributed by atoms with Gasteiger partial charge in [0, 0.05) is 29.6 Å². The maximum Gasteiger partial charge on any atom is 0.258 e. The van der Waals surface area contributed by atoms with Gasteiger partial charge in [0.1, 0.15) is 4.21 Å². The van der Waals surface area contributed by atoms with Crippen LogP contribution in [0.1, 0.15) is 24.0 Å². The second-order valence-corrected chi connectivity index (χ2v) is 12.5. The van der Waals surface area contributed by atoms with Gasteiger partial charge in [-0.15, -0.1) is 11.3 Å². The van der Waals surface area contributed by atoms with E-state index in [1.807, 2.05) is 18.2 Å². The number of hydrogen-bond donors (Lipinski definition) is 1. The first kappa shape index (κ1) is 21.9. The molecule has 1 fully saturated rings. The van der Waals surface area contributed by atoms with E-state index in [-0.39, 0.29) is 22.1 Å². The zero-order chi connectivity index (χ0) is 23.3. The molecule has 3 heterocycles. The lowest BCUT2D eigenvalue weighted by atomic mass is 9.92. The second-order valence-electron chi connectivity index (χ2n) is 8.85. The number of benzene rings is 1. The fourth-order valence-corrected chi connectivity index (χ4v) is 8.05. The van der Waals surface area contributed by atoms with E-state index in [2.05, 4.69) is 32.0 Å². The zero-order valence-corrected chi connectivity index (χ0v) is 20.4. The highest BCUT2D eigenvalue weighted by Gasteiger charge is 2.41. The van der Waals surface area contributed by atoms with E-state index in [1.54, 1.807) is 24.5 Å². The minimum Gasteiger partial charge on any atom is -0.334 e. The van der Waals surface area contributed by atoms with E-state index in [0.29, 0.717) is 16.1 Å². The van der Waals surface area contributed by atoms with Crippen LogP contribution >= 0.6 is 22.9 Å². The molecule has 0 amide bonds. The van der Waals surface area contributed by atoms with Crippen molar-refractivity contribution in [1.29, 1.82) is 0 Å². The quantitative estimate of drug-likeness (QED) is 0.404. The molecule has 34 heavy (non-hydrogen) atoms. The van der Waals surface area contributed by atoms with Crippen LogP contribution in [-0.4, -0.2) is 29.6 Å². The molecule has 1 saturated carbocycles. The Morgan fingerprint density at radius 2 is 1.74 bits per heavy atom. The van der Waals surface area contributed by atoms with Crippen molar-refractivity contribution < 1.29 is 12.9 Å². The van der Waals surface area contributed by atoms with E-state index in [4.69, 9.17) is 16.1 Å². The summed E-state index contributed by atoms with van der Waals surface area (Å²) >= 11 is 7.06. The largest absolute Gasteiger partial charge is 0.334 e. The molecule has 4 aromatic rings. The maximum atomic E-state index is 13.0. The normalized spacial score (nSPS) is 21.9. The molecule has 0 spiro atoms.